The maximum atomic E-state index is 12.2. The van der Waals surface area contributed by atoms with Gasteiger partial charge >= 0.3 is 5.69 Å². The van der Waals surface area contributed by atoms with Gasteiger partial charge in [-0.05, 0) is 45.4 Å². The van der Waals surface area contributed by atoms with Gasteiger partial charge in [-0.25, -0.2) is 0 Å². The molecule has 2 rings (SSSR count). The third-order valence-electron chi connectivity index (χ3n) is 4.17. The molecule has 27 heavy (non-hydrogen) atoms. The summed E-state index contributed by atoms with van der Waals surface area (Å²) in [6.07, 6.45) is 0. The van der Waals surface area contributed by atoms with Gasteiger partial charge in [-0.2, -0.15) is 5.10 Å². The Morgan fingerprint density at radius 1 is 1.26 bits per heavy atom. The number of nitro groups is 1. The molecule has 0 aliphatic rings. The van der Waals surface area contributed by atoms with E-state index < -0.39 is 11.0 Å². The molecule has 144 valence electrons. The maximum Gasteiger partial charge on any atom is 0.312 e. The molecule has 1 aromatic heterocycles. The lowest BCUT2D eigenvalue weighted by molar-refractivity contribution is -0.386. The molecular formula is C18H23N5O4. The average molecular weight is 373 g/mol. The maximum absolute atomic E-state index is 12.2. The fraction of sp³-hybridized carbons (Fsp3) is 0.389. The van der Waals surface area contributed by atoms with Gasteiger partial charge in [0.15, 0.2) is 0 Å². The SMILES string of the molecule is CCNC(=O)[C@H](C)NC(=O)c1ccc(Cn2nc(C)c([N+](=O)[O-])c2C)cc1. The van der Waals surface area contributed by atoms with Crippen LogP contribution in [0.15, 0.2) is 24.3 Å². The van der Waals surface area contributed by atoms with Crippen molar-refractivity contribution < 1.29 is 14.5 Å². The standard InChI is InChI=1S/C18H23N5O4/c1-5-19-17(24)12(3)20-18(25)15-8-6-14(7-9-15)10-22-13(4)16(23(26)27)11(2)21-22/h6-9,12H,5,10H2,1-4H3,(H,19,24)(H,20,25)/t12-/m0/s1. The molecule has 9 heteroatoms. The van der Waals surface area contributed by atoms with Crippen molar-refractivity contribution in [3.63, 3.8) is 0 Å². The molecule has 2 N–H and O–H groups in total. The largest absolute Gasteiger partial charge is 0.355 e. The smallest absolute Gasteiger partial charge is 0.312 e. The van der Waals surface area contributed by atoms with Gasteiger partial charge in [-0.15, -0.1) is 0 Å². The second-order valence-corrected chi connectivity index (χ2v) is 6.22. The number of carbonyl (C=O) groups excluding carboxylic acids is 2. The molecule has 0 aliphatic carbocycles. The highest BCUT2D eigenvalue weighted by molar-refractivity contribution is 5.97. The molecule has 0 saturated carbocycles. The number of aromatic nitrogens is 2. The monoisotopic (exact) mass is 373 g/mol. The molecule has 0 spiro atoms. The van der Waals surface area contributed by atoms with Crippen molar-refractivity contribution in [1.29, 1.82) is 0 Å². The first-order valence-electron chi connectivity index (χ1n) is 8.60. The van der Waals surface area contributed by atoms with Crippen molar-refractivity contribution in [2.24, 2.45) is 0 Å². The lowest BCUT2D eigenvalue weighted by atomic mass is 10.1. The van der Waals surface area contributed by atoms with Crippen LogP contribution in [0.2, 0.25) is 0 Å². The van der Waals surface area contributed by atoms with Crippen LogP contribution in [-0.4, -0.2) is 39.1 Å². The molecule has 1 atom stereocenters. The van der Waals surface area contributed by atoms with Crippen molar-refractivity contribution in [2.45, 2.75) is 40.3 Å². The van der Waals surface area contributed by atoms with Crippen LogP contribution in [0.25, 0.3) is 0 Å². The van der Waals surface area contributed by atoms with Crippen molar-refractivity contribution in [3.05, 3.63) is 56.9 Å². The van der Waals surface area contributed by atoms with Crippen LogP contribution < -0.4 is 10.6 Å². The van der Waals surface area contributed by atoms with Crippen molar-refractivity contribution in [2.75, 3.05) is 6.54 Å². The van der Waals surface area contributed by atoms with Crippen molar-refractivity contribution >= 4 is 17.5 Å². The molecule has 0 bridgehead atoms. The minimum atomic E-state index is -0.632. The molecule has 0 aliphatic heterocycles. The first kappa shape index (κ1) is 20.1. The second kappa shape index (κ2) is 8.43. The van der Waals surface area contributed by atoms with Crippen LogP contribution in [-0.2, 0) is 11.3 Å². The summed E-state index contributed by atoms with van der Waals surface area (Å²) in [5.74, 6) is -0.587. The molecule has 2 amide bonds. The van der Waals surface area contributed by atoms with Gasteiger partial charge in [0.1, 0.15) is 17.4 Å². The highest BCUT2D eigenvalue weighted by Crippen LogP contribution is 2.22. The summed E-state index contributed by atoms with van der Waals surface area (Å²) in [4.78, 5) is 34.6. The molecule has 0 radical (unpaired) electrons. The topological polar surface area (TPSA) is 119 Å². The van der Waals surface area contributed by atoms with E-state index in [1.54, 1.807) is 49.7 Å². The van der Waals surface area contributed by atoms with Crippen molar-refractivity contribution in [1.82, 2.24) is 20.4 Å². The highest BCUT2D eigenvalue weighted by atomic mass is 16.6. The summed E-state index contributed by atoms with van der Waals surface area (Å²) >= 11 is 0. The van der Waals surface area contributed by atoms with E-state index in [2.05, 4.69) is 15.7 Å². The second-order valence-electron chi connectivity index (χ2n) is 6.22. The molecule has 2 aromatic rings. The Bertz CT molecular complexity index is 857. The summed E-state index contributed by atoms with van der Waals surface area (Å²) in [5.41, 5.74) is 2.14. The van der Waals surface area contributed by atoms with E-state index >= 15 is 0 Å². The number of carbonyl (C=O) groups is 2. The number of benzene rings is 1. The van der Waals surface area contributed by atoms with E-state index in [0.29, 0.717) is 30.0 Å². The summed E-state index contributed by atoms with van der Waals surface area (Å²) in [6.45, 7) is 7.54. The third-order valence-corrected chi connectivity index (χ3v) is 4.17. The van der Waals surface area contributed by atoms with Gasteiger partial charge in [-0.1, -0.05) is 12.1 Å². The lowest BCUT2D eigenvalue weighted by Crippen LogP contribution is -2.44. The number of amides is 2. The van der Waals surface area contributed by atoms with Gasteiger partial charge in [0.25, 0.3) is 5.91 Å². The van der Waals surface area contributed by atoms with Crippen LogP contribution in [0.5, 0.6) is 0 Å². The van der Waals surface area contributed by atoms with Gasteiger partial charge in [0.2, 0.25) is 5.91 Å². The first-order valence-corrected chi connectivity index (χ1v) is 8.60. The predicted octanol–water partition coefficient (Wildman–Crippen LogP) is 1.71. The number of nitrogens with zero attached hydrogens (tertiary/aromatic N) is 3. The van der Waals surface area contributed by atoms with Gasteiger partial charge in [0.05, 0.1) is 11.5 Å². The number of hydrogen-bond acceptors (Lipinski definition) is 5. The van der Waals surface area contributed by atoms with Gasteiger partial charge < -0.3 is 10.6 Å². The number of rotatable bonds is 7. The zero-order valence-corrected chi connectivity index (χ0v) is 15.8. The fourth-order valence-electron chi connectivity index (χ4n) is 2.71. The van der Waals surface area contributed by atoms with E-state index in [9.17, 15) is 19.7 Å². The summed E-state index contributed by atoms with van der Waals surface area (Å²) in [7, 11) is 0. The molecule has 1 heterocycles. The number of likely N-dealkylation sites (N-methyl/N-ethyl adjacent to an activating group) is 1. The van der Waals surface area contributed by atoms with E-state index in [1.807, 2.05) is 6.92 Å². The molecular weight excluding hydrogens is 350 g/mol. The minimum absolute atomic E-state index is 0.0188. The Kier molecular flexibility index (Phi) is 6.27. The van der Waals surface area contributed by atoms with Gasteiger partial charge in [0, 0.05) is 12.1 Å². The fourth-order valence-corrected chi connectivity index (χ4v) is 2.71. The third kappa shape index (κ3) is 4.69. The quantitative estimate of drug-likeness (QED) is 0.566. The lowest BCUT2D eigenvalue weighted by Gasteiger charge is -2.13. The molecule has 0 unspecified atom stereocenters. The zero-order chi connectivity index (χ0) is 20.1. The Morgan fingerprint density at radius 3 is 2.41 bits per heavy atom. The zero-order valence-electron chi connectivity index (χ0n) is 15.8. The average Bonchev–Trinajstić information content (AvgIpc) is 2.89. The first-order chi connectivity index (χ1) is 12.7. The summed E-state index contributed by atoms with van der Waals surface area (Å²) in [6, 6.07) is 6.18. The van der Waals surface area contributed by atoms with Crippen molar-refractivity contribution in [3.8, 4) is 0 Å². The number of nitrogens with one attached hydrogen (secondary N) is 2. The number of hydrogen-bond donors (Lipinski definition) is 2. The Labute approximate surface area is 156 Å². The molecule has 0 fully saturated rings. The Balaban J connectivity index is 2.07. The van der Waals surface area contributed by atoms with Crippen LogP contribution in [0.3, 0.4) is 0 Å². The van der Waals surface area contributed by atoms with E-state index in [-0.39, 0.29) is 17.5 Å². The van der Waals surface area contributed by atoms with Crippen LogP contribution in [0.4, 0.5) is 5.69 Å². The van der Waals surface area contributed by atoms with E-state index in [4.69, 9.17) is 0 Å². The molecule has 0 saturated heterocycles. The van der Waals surface area contributed by atoms with Crippen LogP contribution in [0, 0.1) is 24.0 Å². The molecule has 1 aromatic carbocycles. The van der Waals surface area contributed by atoms with E-state index in [0.717, 1.165) is 5.56 Å². The normalized spacial score (nSPS) is 11.7. The summed E-state index contributed by atoms with van der Waals surface area (Å²) < 4.78 is 1.57. The van der Waals surface area contributed by atoms with E-state index in [1.165, 1.54) is 0 Å². The van der Waals surface area contributed by atoms with Crippen LogP contribution >= 0.6 is 0 Å². The highest BCUT2D eigenvalue weighted by Gasteiger charge is 2.21. The molecule has 9 nitrogen and oxygen atoms in total. The Morgan fingerprint density at radius 2 is 1.89 bits per heavy atom. The predicted molar refractivity (Wildman–Crippen MR) is 99.5 cm³/mol. The van der Waals surface area contributed by atoms with Crippen LogP contribution in [0.1, 0.15) is 41.2 Å². The number of aryl methyl sites for hydroxylation is 1. The van der Waals surface area contributed by atoms with Gasteiger partial charge in [-0.3, -0.25) is 24.4 Å². The minimum Gasteiger partial charge on any atom is -0.355 e. The Hall–Kier alpha value is -3.23. The summed E-state index contributed by atoms with van der Waals surface area (Å²) in [5, 5.41) is 20.6.